The highest BCUT2D eigenvalue weighted by molar-refractivity contribution is 5.81. The van der Waals surface area contributed by atoms with E-state index in [0.717, 1.165) is 16.7 Å². The van der Waals surface area contributed by atoms with Gasteiger partial charge < -0.3 is 0 Å². The van der Waals surface area contributed by atoms with E-state index < -0.39 is 0 Å². The third kappa shape index (κ3) is 3.16. The summed E-state index contributed by atoms with van der Waals surface area (Å²) >= 11 is 0. The van der Waals surface area contributed by atoms with Gasteiger partial charge >= 0.3 is 0 Å². The standard InChI is InChI=1S/C25H25N/c1-15-9-17(3)24(18(4)10-15)21-7-8-23(22(13-21)14-26)25-19(5)11-16(2)12-20(25)6/h7-13H,1-6H3. The lowest BCUT2D eigenvalue weighted by molar-refractivity contribution is 1.31. The molecule has 0 aliphatic heterocycles. The van der Waals surface area contributed by atoms with Gasteiger partial charge in [0.05, 0.1) is 11.6 Å². The Morgan fingerprint density at radius 3 is 1.54 bits per heavy atom. The third-order valence-electron chi connectivity index (χ3n) is 5.05. The molecule has 0 N–H and O–H groups in total. The zero-order valence-electron chi connectivity index (χ0n) is 16.5. The van der Waals surface area contributed by atoms with Crippen LogP contribution in [0.25, 0.3) is 22.3 Å². The number of hydrogen-bond acceptors (Lipinski definition) is 1. The highest BCUT2D eigenvalue weighted by Crippen LogP contribution is 2.35. The molecule has 0 amide bonds. The zero-order chi connectivity index (χ0) is 19.0. The van der Waals surface area contributed by atoms with E-state index in [1.807, 2.05) is 6.07 Å². The van der Waals surface area contributed by atoms with Crippen molar-refractivity contribution in [2.75, 3.05) is 0 Å². The predicted molar refractivity (Wildman–Crippen MR) is 110 cm³/mol. The molecule has 0 aliphatic carbocycles. The molecule has 0 fully saturated rings. The zero-order valence-corrected chi connectivity index (χ0v) is 16.5. The number of aryl methyl sites for hydroxylation is 6. The molecule has 26 heavy (non-hydrogen) atoms. The summed E-state index contributed by atoms with van der Waals surface area (Å²) in [6, 6.07) is 17.5. The van der Waals surface area contributed by atoms with Crippen LogP contribution in [0.15, 0.2) is 42.5 Å². The molecule has 130 valence electrons. The lowest BCUT2D eigenvalue weighted by Gasteiger charge is -2.16. The van der Waals surface area contributed by atoms with Crippen LogP contribution in [0.5, 0.6) is 0 Å². The maximum absolute atomic E-state index is 9.82. The van der Waals surface area contributed by atoms with Gasteiger partial charge in [0.1, 0.15) is 0 Å². The maximum Gasteiger partial charge on any atom is 0.0998 e. The van der Waals surface area contributed by atoms with Crippen molar-refractivity contribution in [1.82, 2.24) is 0 Å². The quantitative estimate of drug-likeness (QED) is 0.507. The number of nitriles is 1. The van der Waals surface area contributed by atoms with Crippen LogP contribution in [-0.4, -0.2) is 0 Å². The average molecular weight is 339 g/mol. The Hall–Kier alpha value is -2.85. The normalized spacial score (nSPS) is 10.7. The monoisotopic (exact) mass is 339 g/mol. The lowest BCUT2D eigenvalue weighted by Crippen LogP contribution is -1.95. The minimum absolute atomic E-state index is 0.733. The van der Waals surface area contributed by atoms with Crippen molar-refractivity contribution < 1.29 is 0 Å². The maximum atomic E-state index is 9.82. The first-order chi connectivity index (χ1) is 12.3. The summed E-state index contributed by atoms with van der Waals surface area (Å²) in [7, 11) is 0. The molecule has 0 aliphatic rings. The fraction of sp³-hybridized carbons (Fsp3) is 0.240. The Kier molecular flexibility index (Phi) is 4.70. The summed E-state index contributed by atoms with van der Waals surface area (Å²) < 4.78 is 0. The van der Waals surface area contributed by atoms with Crippen molar-refractivity contribution in [2.24, 2.45) is 0 Å². The van der Waals surface area contributed by atoms with Crippen LogP contribution >= 0.6 is 0 Å². The van der Waals surface area contributed by atoms with Gasteiger partial charge in [0, 0.05) is 5.56 Å². The molecule has 1 nitrogen and oxygen atoms in total. The van der Waals surface area contributed by atoms with Crippen LogP contribution in [0, 0.1) is 52.9 Å². The van der Waals surface area contributed by atoms with E-state index in [0.29, 0.717) is 0 Å². The first-order valence-corrected chi connectivity index (χ1v) is 9.02. The third-order valence-corrected chi connectivity index (χ3v) is 5.05. The largest absolute Gasteiger partial charge is 0.192 e. The second kappa shape index (κ2) is 6.81. The van der Waals surface area contributed by atoms with Gasteiger partial charge in [-0.2, -0.15) is 5.26 Å². The SMILES string of the molecule is Cc1cc(C)c(-c2ccc(-c3c(C)cc(C)cc3C)c(C#N)c2)c(C)c1. The van der Waals surface area contributed by atoms with Crippen LogP contribution in [0.4, 0.5) is 0 Å². The van der Waals surface area contributed by atoms with Gasteiger partial charge in [-0.25, -0.2) is 0 Å². The van der Waals surface area contributed by atoms with Gasteiger partial charge in [0.2, 0.25) is 0 Å². The molecule has 3 aromatic rings. The highest BCUT2D eigenvalue weighted by atomic mass is 14.3. The number of benzene rings is 3. The summed E-state index contributed by atoms with van der Waals surface area (Å²) in [6.07, 6.45) is 0. The molecule has 3 rings (SSSR count). The van der Waals surface area contributed by atoms with Gasteiger partial charge in [0.15, 0.2) is 0 Å². The van der Waals surface area contributed by atoms with Crippen molar-refractivity contribution in [3.63, 3.8) is 0 Å². The van der Waals surface area contributed by atoms with E-state index in [4.69, 9.17) is 0 Å². The molecule has 0 saturated carbocycles. The number of hydrogen-bond donors (Lipinski definition) is 0. The molecule has 0 heterocycles. The topological polar surface area (TPSA) is 23.8 Å². The average Bonchev–Trinajstić information content (AvgIpc) is 2.53. The van der Waals surface area contributed by atoms with E-state index in [1.165, 1.54) is 44.5 Å². The van der Waals surface area contributed by atoms with Gasteiger partial charge in [-0.05, 0) is 86.6 Å². The second-order valence-corrected chi connectivity index (χ2v) is 7.42. The Balaban J connectivity index is 2.22. The van der Waals surface area contributed by atoms with Crippen LogP contribution < -0.4 is 0 Å². The fourth-order valence-corrected chi connectivity index (χ4v) is 4.25. The Labute approximate surface area is 156 Å². The van der Waals surface area contributed by atoms with Gasteiger partial charge in [-0.3, -0.25) is 0 Å². The summed E-state index contributed by atoms with van der Waals surface area (Å²) in [5, 5.41) is 9.82. The molecule has 0 aromatic heterocycles. The van der Waals surface area contributed by atoms with E-state index in [2.05, 4.69) is 84.0 Å². The van der Waals surface area contributed by atoms with E-state index in [1.54, 1.807) is 0 Å². The van der Waals surface area contributed by atoms with Crippen LogP contribution in [0.2, 0.25) is 0 Å². The molecule has 0 unspecified atom stereocenters. The van der Waals surface area contributed by atoms with Gasteiger partial charge in [-0.15, -0.1) is 0 Å². The first-order valence-electron chi connectivity index (χ1n) is 9.02. The molecular weight excluding hydrogens is 314 g/mol. The van der Waals surface area contributed by atoms with Crippen LogP contribution in [0.3, 0.4) is 0 Å². The molecule has 0 spiro atoms. The lowest BCUT2D eigenvalue weighted by atomic mass is 9.87. The summed E-state index contributed by atoms with van der Waals surface area (Å²) in [5.41, 5.74) is 12.7. The Morgan fingerprint density at radius 1 is 0.615 bits per heavy atom. The Morgan fingerprint density at radius 2 is 1.08 bits per heavy atom. The van der Waals surface area contributed by atoms with Crippen molar-refractivity contribution in [1.29, 1.82) is 5.26 Å². The van der Waals surface area contributed by atoms with Crippen molar-refractivity contribution in [3.05, 3.63) is 81.4 Å². The smallest absolute Gasteiger partial charge is 0.0998 e. The minimum atomic E-state index is 0.733. The van der Waals surface area contributed by atoms with E-state index in [-0.39, 0.29) is 0 Å². The van der Waals surface area contributed by atoms with Crippen molar-refractivity contribution >= 4 is 0 Å². The fourth-order valence-electron chi connectivity index (χ4n) is 4.25. The van der Waals surface area contributed by atoms with Gasteiger partial charge in [-0.1, -0.05) is 47.5 Å². The molecule has 0 radical (unpaired) electrons. The highest BCUT2D eigenvalue weighted by Gasteiger charge is 2.14. The molecule has 0 saturated heterocycles. The summed E-state index contributed by atoms with van der Waals surface area (Å²) in [6.45, 7) is 12.8. The molecular formula is C25H25N. The predicted octanol–water partition coefficient (Wildman–Crippen LogP) is 6.74. The van der Waals surface area contributed by atoms with Crippen molar-refractivity contribution in [2.45, 2.75) is 41.5 Å². The number of nitrogens with zero attached hydrogens (tertiary/aromatic N) is 1. The molecule has 3 aromatic carbocycles. The van der Waals surface area contributed by atoms with Crippen LogP contribution in [0.1, 0.15) is 38.9 Å². The summed E-state index contributed by atoms with van der Waals surface area (Å²) in [4.78, 5) is 0. The second-order valence-electron chi connectivity index (χ2n) is 7.42. The van der Waals surface area contributed by atoms with Gasteiger partial charge in [0.25, 0.3) is 0 Å². The van der Waals surface area contributed by atoms with E-state index >= 15 is 0 Å². The molecule has 0 atom stereocenters. The first kappa shape index (κ1) is 18.0. The minimum Gasteiger partial charge on any atom is -0.192 e. The van der Waals surface area contributed by atoms with E-state index in [9.17, 15) is 5.26 Å². The number of rotatable bonds is 2. The van der Waals surface area contributed by atoms with Crippen LogP contribution in [-0.2, 0) is 0 Å². The Bertz CT molecular complexity index is 1000. The van der Waals surface area contributed by atoms with Crippen molar-refractivity contribution in [3.8, 4) is 28.3 Å². The molecule has 1 heteroatoms. The molecule has 0 bridgehead atoms. The summed E-state index contributed by atoms with van der Waals surface area (Å²) in [5.74, 6) is 0.